The Bertz CT molecular complexity index is 407. The van der Waals surface area contributed by atoms with Gasteiger partial charge in [0, 0.05) is 0 Å². The average molecular weight is 263 g/mol. The summed E-state index contributed by atoms with van der Waals surface area (Å²) in [6.45, 7) is 7.75. The molecule has 0 atom stereocenters. The van der Waals surface area contributed by atoms with Gasteiger partial charge in [-0.1, -0.05) is 39.0 Å². The fourth-order valence-electron chi connectivity index (χ4n) is 1.72. The summed E-state index contributed by atoms with van der Waals surface area (Å²) in [4.78, 5) is 12.1. The lowest BCUT2D eigenvalue weighted by Gasteiger charge is -2.18. The zero-order valence-electron chi connectivity index (χ0n) is 12.5. The normalized spacial score (nSPS) is 11.4. The van der Waals surface area contributed by atoms with E-state index in [0.29, 0.717) is 12.2 Å². The number of nitrogens with one attached hydrogen (secondary N) is 1. The van der Waals surface area contributed by atoms with E-state index in [1.165, 1.54) is 0 Å². The molecule has 0 aliphatic heterocycles. The van der Waals surface area contributed by atoms with Crippen LogP contribution < -0.4 is 5.32 Å². The molecule has 0 radical (unpaired) electrons. The van der Waals surface area contributed by atoms with Gasteiger partial charge in [-0.25, -0.2) is 4.79 Å². The molecule has 1 aromatic carbocycles. The van der Waals surface area contributed by atoms with Gasteiger partial charge in [-0.2, -0.15) is 0 Å². The summed E-state index contributed by atoms with van der Waals surface area (Å²) in [6, 6.07) is 7.66. The predicted molar refractivity (Wildman–Crippen MR) is 78.4 cm³/mol. The Kier molecular flexibility index (Phi) is 6.03. The molecule has 0 aromatic heterocycles. The van der Waals surface area contributed by atoms with Crippen LogP contribution in [-0.4, -0.2) is 26.2 Å². The first-order chi connectivity index (χ1) is 8.94. The molecule has 0 spiro atoms. The van der Waals surface area contributed by atoms with Crippen LogP contribution in [0.5, 0.6) is 0 Å². The van der Waals surface area contributed by atoms with Crippen molar-refractivity contribution in [3.05, 3.63) is 35.4 Å². The highest BCUT2D eigenvalue weighted by atomic mass is 16.5. The van der Waals surface area contributed by atoms with E-state index < -0.39 is 0 Å². The van der Waals surface area contributed by atoms with Crippen molar-refractivity contribution < 1.29 is 9.53 Å². The van der Waals surface area contributed by atoms with Crippen molar-refractivity contribution in [3.8, 4) is 0 Å². The van der Waals surface area contributed by atoms with Crippen LogP contribution in [0.2, 0.25) is 0 Å². The molecular formula is C16H25NO2. The Labute approximate surface area is 116 Å². The van der Waals surface area contributed by atoms with Gasteiger partial charge in [-0.15, -0.1) is 0 Å². The SMILES string of the molecule is CNCCc1ccccc1C(=O)OCCC(C)(C)C. The van der Waals surface area contributed by atoms with Crippen molar-refractivity contribution in [1.29, 1.82) is 0 Å². The summed E-state index contributed by atoms with van der Waals surface area (Å²) in [5.41, 5.74) is 1.91. The lowest BCUT2D eigenvalue weighted by atomic mass is 9.93. The molecule has 1 N–H and O–H groups in total. The number of hydrogen-bond acceptors (Lipinski definition) is 3. The monoisotopic (exact) mass is 263 g/mol. The molecule has 0 heterocycles. The van der Waals surface area contributed by atoms with Crippen molar-refractivity contribution in [3.63, 3.8) is 0 Å². The van der Waals surface area contributed by atoms with Gasteiger partial charge < -0.3 is 10.1 Å². The lowest BCUT2D eigenvalue weighted by Crippen LogP contribution is -2.16. The van der Waals surface area contributed by atoms with Gasteiger partial charge in [-0.05, 0) is 43.5 Å². The Morgan fingerprint density at radius 1 is 1.26 bits per heavy atom. The lowest BCUT2D eigenvalue weighted by molar-refractivity contribution is 0.0463. The summed E-state index contributed by atoms with van der Waals surface area (Å²) < 4.78 is 5.37. The highest BCUT2D eigenvalue weighted by Crippen LogP contribution is 2.19. The fourth-order valence-corrected chi connectivity index (χ4v) is 1.72. The van der Waals surface area contributed by atoms with Crippen LogP contribution in [-0.2, 0) is 11.2 Å². The van der Waals surface area contributed by atoms with Crippen molar-refractivity contribution in [2.24, 2.45) is 5.41 Å². The van der Waals surface area contributed by atoms with E-state index in [1.807, 2.05) is 31.3 Å². The maximum atomic E-state index is 12.1. The predicted octanol–water partition coefficient (Wildman–Crippen LogP) is 3.04. The van der Waals surface area contributed by atoms with Crippen molar-refractivity contribution in [2.45, 2.75) is 33.6 Å². The molecule has 0 unspecified atom stereocenters. The van der Waals surface area contributed by atoms with Gasteiger partial charge in [0.25, 0.3) is 0 Å². The van der Waals surface area contributed by atoms with Crippen LogP contribution >= 0.6 is 0 Å². The van der Waals surface area contributed by atoms with Gasteiger partial charge in [0.1, 0.15) is 0 Å². The van der Waals surface area contributed by atoms with Crippen LogP contribution in [0.1, 0.15) is 43.1 Å². The van der Waals surface area contributed by atoms with E-state index in [2.05, 4.69) is 26.1 Å². The molecule has 0 fully saturated rings. The summed E-state index contributed by atoms with van der Waals surface area (Å²) in [7, 11) is 1.91. The zero-order chi connectivity index (χ0) is 14.3. The number of esters is 1. The number of ether oxygens (including phenoxy) is 1. The maximum absolute atomic E-state index is 12.1. The van der Waals surface area contributed by atoms with Crippen LogP contribution in [0.15, 0.2) is 24.3 Å². The molecule has 0 amide bonds. The molecule has 0 aliphatic rings. The van der Waals surface area contributed by atoms with Gasteiger partial charge in [-0.3, -0.25) is 0 Å². The van der Waals surface area contributed by atoms with E-state index in [1.54, 1.807) is 0 Å². The number of likely N-dealkylation sites (N-methyl/N-ethyl adjacent to an activating group) is 1. The molecule has 0 bridgehead atoms. The molecule has 0 aliphatic carbocycles. The summed E-state index contributed by atoms with van der Waals surface area (Å²) >= 11 is 0. The van der Waals surface area contributed by atoms with Gasteiger partial charge in [0.2, 0.25) is 0 Å². The minimum atomic E-state index is -0.212. The minimum absolute atomic E-state index is 0.186. The smallest absolute Gasteiger partial charge is 0.338 e. The second kappa shape index (κ2) is 7.29. The molecular weight excluding hydrogens is 238 g/mol. The fraction of sp³-hybridized carbons (Fsp3) is 0.562. The summed E-state index contributed by atoms with van der Waals surface area (Å²) in [5.74, 6) is -0.212. The highest BCUT2D eigenvalue weighted by molar-refractivity contribution is 5.91. The van der Waals surface area contributed by atoms with E-state index >= 15 is 0 Å². The first kappa shape index (κ1) is 15.7. The van der Waals surface area contributed by atoms with Gasteiger partial charge >= 0.3 is 5.97 Å². The molecule has 1 aromatic rings. The molecule has 3 heteroatoms. The topological polar surface area (TPSA) is 38.3 Å². The van der Waals surface area contributed by atoms with Gasteiger partial charge in [0.15, 0.2) is 0 Å². The quantitative estimate of drug-likeness (QED) is 0.802. The minimum Gasteiger partial charge on any atom is -0.462 e. The highest BCUT2D eigenvalue weighted by Gasteiger charge is 2.14. The van der Waals surface area contributed by atoms with Crippen LogP contribution in [0.4, 0.5) is 0 Å². The molecule has 0 saturated heterocycles. The van der Waals surface area contributed by atoms with Gasteiger partial charge in [0.05, 0.1) is 12.2 Å². The summed E-state index contributed by atoms with van der Waals surface area (Å²) in [6.07, 6.45) is 1.71. The van der Waals surface area contributed by atoms with E-state index in [4.69, 9.17) is 4.74 Å². The largest absolute Gasteiger partial charge is 0.462 e. The Balaban J connectivity index is 2.61. The Morgan fingerprint density at radius 3 is 2.58 bits per heavy atom. The van der Waals surface area contributed by atoms with Crippen molar-refractivity contribution in [2.75, 3.05) is 20.2 Å². The van der Waals surface area contributed by atoms with E-state index in [0.717, 1.165) is 24.9 Å². The molecule has 3 nitrogen and oxygen atoms in total. The van der Waals surface area contributed by atoms with E-state index in [9.17, 15) is 4.79 Å². The van der Waals surface area contributed by atoms with E-state index in [-0.39, 0.29) is 11.4 Å². The first-order valence-electron chi connectivity index (χ1n) is 6.83. The third-order valence-electron chi connectivity index (χ3n) is 2.97. The Hall–Kier alpha value is -1.35. The summed E-state index contributed by atoms with van der Waals surface area (Å²) in [5, 5.41) is 3.09. The second-order valence-corrected chi connectivity index (χ2v) is 5.96. The third kappa shape index (κ3) is 5.88. The zero-order valence-corrected chi connectivity index (χ0v) is 12.5. The standard InChI is InChI=1S/C16H25NO2/c1-16(2,3)10-12-19-15(18)14-8-6-5-7-13(14)9-11-17-4/h5-8,17H,9-12H2,1-4H3. The molecule has 106 valence electrons. The molecule has 1 rings (SSSR count). The number of benzene rings is 1. The number of carbonyl (C=O) groups excluding carboxylic acids is 1. The van der Waals surface area contributed by atoms with Crippen LogP contribution in [0.25, 0.3) is 0 Å². The number of hydrogen-bond donors (Lipinski definition) is 1. The first-order valence-corrected chi connectivity index (χ1v) is 6.83. The number of carbonyl (C=O) groups is 1. The van der Waals surface area contributed by atoms with Crippen LogP contribution in [0.3, 0.4) is 0 Å². The van der Waals surface area contributed by atoms with Crippen LogP contribution in [0, 0.1) is 5.41 Å². The maximum Gasteiger partial charge on any atom is 0.338 e. The number of rotatable bonds is 6. The second-order valence-electron chi connectivity index (χ2n) is 5.96. The third-order valence-corrected chi connectivity index (χ3v) is 2.97. The van der Waals surface area contributed by atoms with Crippen molar-refractivity contribution >= 4 is 5.97 Å². The molecule has 19 heavy (non-hydrogen) atoms. The van der Waals surface area contributed by atoms with Crippen molar-refractivity contribution in [1.82, 2.24) is 5.32 Å². The average Bonchev–Trinajstić information content (AvgIpc) is 2.35. The molecule has 0 saturated carbocycles. The Morgan fingerprint density at radius 2 is 1.95 bits per heavy atom.